The third-order valence-corrected chi connectivity index (χ3v) is 8.62. The molecule has 5 rings (SSSR count). The molecule has 1 aromatic heterocycles. The van der Waals surface area contributed by atoms with E-state index in [2.05, 4.69) is 0 Å². The van der Waals surface area contributed by atoms with Crippen LogP contribution in [-0.2, 0) is 10.0 Å². The van der Waals surface area contributed by atoms with Gasteiger partial charge in [0.05, 0.1) is 24.1 Å². The molecule has 198 valence electrons. The predicted molar refractivity (Wildman–Crippen MR) is 140 cm³/mol. The van der Waals surface area contributed by atoms with Crippen molar-refractivity contribution < 1.29 is 31.4 Å². The fourth-order valence-electron chi connectivity index (χ4n) is 4.45. The number of aromatic nitrogens is 1. The highest BCUT2D eigenvalue weighted by Crippen LogP contribution is 2.44. The molecule has 0 aliphatic carbocycles. The second kappa shape index (κ2) is 10.0. The van der Waals surface area contributed by atoms with Crippen molar-refractivity contribution in [3.05, 3.63) is 89.4 Å². The molecule has 38 heavy (non-hydrogen) atoms. The zero-order chi connectivity index (χ0) is 27.1. The van der Waals surface area contributed by atoms with Crippen LogP contribution < -0.4 is 9.46 Å². The molecule has 1 aliphatic heterocycles. The number of rotatable bonds is 6. The van der Waals surface area contributed by atoms with Gasteiger partial charge in [0.2, 0.25) is 0 Å². The number of nitrogens with zero attached hydrogens (tertiary/aromatic N) is 1. The van der Waals surface area contributed by atoms with Crippen LogP contribution in [0.25, 0.3) is 21.7 Å². The topological polar surface area (TPSA) is 88.5 Å². The number of fused-ring (bicyclic) bond motifs is 1. The van der Waals surface area contributed by atoms with Gasteiger partial charge in [0.1, 0.15) is 10.8 Å². The number of thiazole rings is 1. The second-order valence-electron chi connectivity index (χ2n) is 9.00. The Labute approximate surface area is 221 Å². The Hall–Kier alpha value is -3.41. The van der Waals surface area contributed by atoms with Gasteiger partial charge >= 0.3 is 15.5 Å². The molecule has 2 heterocycles. The van der Waals surface area contributed by atoms with E-state index in [9.17, 15) is 26.7 Å². The highest BCUT2D eigenvalue weighted by Gasteiger charge is 2.46. The first-order valence-electron chi connectivity index (χ1n) is 11.7. The summed E-state index contributed by atoms with van der Waals surface area (Å²) in [7, 11) is -5.59. The minimum atomic E-state index is -5.59. The van der Waals surface area contributed by atoms with E-state index in [-0.39, 0.29) is 29.7 Å². The molecule has 2 N–H and O–H groups in total. The molecule has 11 heteroatoms. The average Bonchev–Trinajstić information content (AvgIpc) is 3.39. The normalized spacial score (nSPS) is 18.3. The molecule has 6 nitrogen and oxygen atoms in total. The molecule has 0 saturated heterocycles. The molecule has 1 aliphatic rings. The minimum absolute atomic E-state index is 0.107. The van der Waals surface area contributed by atoms with Gasteiger partial charge in [0, 0.05) is 33.9 Å². The Bertz CT molecular complexity index is 1560. The molecule has 0 radical (unpaired) electrons. The number of benzene rings is 3. The van der Waals surface area contributed by atoms with Crippen LogP contribution in [0.5, 0.6) is 5.75 Å². The Morgan fingerprint density at radius 2 is 1.76 bits per heavy atom. The molecule has 3 aromatic carbocycles. The van der Waals surface area contributed by atoms with Crippen molar-refractivity contribution in [1.29, 1.82) is 0 Å². The van der Waals surface area contributed by atoms with Gasteiger partial charge in [0.25, 0.3) is 0 Å². The molecular formula is C27H23F3N2O4S2. The van der Waals surface area contributed by atoms with Crippen molar-refractivity contribution in [3.8, 4) is 27.4 Å². The van der Waals surface area contributed by atoms with E-state index >= 15 is 0 Å². The highest BCUT2D eigenvalue weighted by molar-refractivity contribution is 7.93. The van der Waals surface area contributed by atoms with E-state index in [1.165, 1.54) is 29.5 Å². The third kappa shape index (κ3) is 5.01. The van der Waals surface area contributed by atoms with Crippen LogP contribution in [0.15, 0.2) is 78.2 Å². The van der Waals surface area contributed by atoms with E-state index in [0.717, 1.165) is 16.3 Å². The first-order chi connectivity index (χ1) is 18.0. The maximum absolute atomic E-state index is 12.9. The Morgan fingerprint density at radius 3 is 2.50 bits per heavy atom. The van der Waals surface area contributed by atoms with Gasteiger partial charge in [-0.05, 0) is 17.7 Å². The number of aliphatic hydroxyl groups is 1. The summed E-state index contributed by atoms with van der Waals surface area (Å²) >= 11 is 1.54. The highest BCUT2D eigenvalue weighted by atomic mass is 32.2. The SMILES string of the molecule is CC(c1csc(-c2ccccc2)n1)[C@@H]1COc2cc(-c3ccccc3NS(=O)(=O)C(F)(F)F)ccc2[C@H]1O. The van der Waals surface area contributed by atoms with Crippen molar-refractivity contribution in [2.75, 3.05) is 11.3 Å². The molecule has 3 atom stereocenters. The molecule has 0 bridgehead atoms. The number of halogens is 3. The Balaban J connectivity index is 1.39. The smallest absolute Gasteiger partial charge is 0.493 e. The lowest BCUT2D eigenvalue weighted by Gasteiger charge is -2.34. The van der Waals surface area contributed by atoms with Crippen LogP contribution in [0, 0.1) is 5.92 Å². The standard InChI is InChI=1S/C27H23F3N2O4S2/c1-16(23-15-37-26(31-23)17-7-3-2-4-8-17)21-14-36-24-13-18(11-12-20(24)25(21)33)19-9-5-6-10-22(19)32-38(34,35)27(28,29)30/h2-13,15-16,21,25,32-33H,14H2,1H3/t16?,21-,25+/m0/s1. The molecular weight excluding hydrogens is 537 g/mol. The molecule has 1 unspecified atom stereocenters. The lowest BCUT2D eigenvalue weighted by Crippen LogP contribution is -2.30. The number of sulfonamides is 1. The average molecular weight is 561 g/mol. The number of alkyl halides is 3. The van der Waals surface area contributed by atoms with Crippen molar-refractivity contribution in [2.45, 2.75) is 24.5 Å². The maximum atomic E-state index is 12.9. The van der Waals surface area contributed by atoms with Gasteiger partial charge in [-0.3, -0.25) is 4.72 Å². The van der Waals surface area contributed by atoms with E-state index in [1.54, 1.807) is 29.0 Å². The zero-order valence-electron chi connectivity index (χ0n) is 20.0. The van der Waals surface area contributed by atoms with Gasteiger partial charge in [-0.2, -0.15) is 21.6 Å². The van der Waals surface area contributed by atoms with Crippen LogP contribution >= 0.6 is 11.3 Å². The summed E-state index contributed by atoms with van der Waals surface area (Å²) in [6.07, 6.45) is -0.858. The van der Waals surface area contributed by atoms with Crippen molar-refractivity contribution >= 4 is 27.0 Å². The first-order valence-corrected chi connectivity index (χ1v) is 14.1. The summed E-state index contributed by atoms with van der Waals surface area (Å²) in [6.45, 7) is 2.20. The summed E-state index contributed by atoms with van der Waals surface area (Å²) in [5, 5.41) is 14.1. The molecule has 0 amide bonds. The van der Waals surface area contributed by atoms with Crippen LogP contribution in [0.3, 0.4) is 0 Å². The van der Waals surface area contributed by atoms with Gasteiger partial charge < -0.3 is 9.84 Å². The number of hydrogen-bond acceptors (Lipinski definition) is 6. The zero-order valence-corrected chi connectivity index (χ0v) is 21.6. The molecule has 4 aromatic rings. The first kappa shape index (κ1) is 26.2. The van der Waals surface area contributed by atoms with E-state index in [0.29, 0.717) is 16.9 Å². The number of ether oxygens (including phenoxy) is 1. The van der Waals surface area contributed by atoms with Gasteiger partial charge in [-0.25, -0.2) is 4.98 Å². The second-order valence-corrected chi connectivity index (χ2v) is 11.5. The summed E-state index contributed by atoms with van der Waals surface area (Å²) < 4.78 is 69.8. The lowest BCUT2D eigenvalue weighted by molar-refractivity contribution is -0.0429. The lowest BCUT2D eigenvalue weighted by atomic mass is 9.82. The fourth-order valence-corrected chi connectivity index (χ4v) is 5.96. The summed E-state index contributed by atoms with van der Waals surface area (Å²) in [4.78, 5) is 4.77. The summed E-state index contributed by atoms with van der Waals surface area (Å²) in [5.74, 6) is 0.00387. The number of para-hydroxylation sites is 1. The summed E-state index contributed by atoms with van der Waals surface area (Å²) in [5.41, 5.74) is -2.56. The molecule has 0 saturated carbocycles. The monoisotopic (exact) mass is 560 g/mol. The number of nitrogens with one attached hydrogen (secondary N) is 1. The van der Waals surface area contributed by atoms with Crippen LogP contribution in [0.2, 0.25) is 0 Å². The van der Waals surface area contributed by atoms with Gasteiger partial charge in [-0.15, -0.1) is 11.3 Å². The van der Waals surface area contributed by atoms with Crippen molar-refractivity contribution in [1.82, 2.24) is 4.98 Å². The van der Waals surface area contributed by atoms with E-state index < -0.39 is 21.6 Å². The number of aliphatic hydroxyl groups excluding tert-OH is 1. The van der Waals surface area contributed by atoms with Crippen LogP contribution in [0.4, 0.5) is 18.9 Å². The number of anilines is 1. The third-order valence-electron chi connectivity index (χ3n) is 6.61. The molecule has 0 fully saturated rings. The minimum Gasteiger partial charge on any atom is -0.493 e. The number of hydrogen-bond donors (Lipinski definition) is 2. The maximum Gasteiger partial charge on any atom is 0.516 e. The Morgan fingerprint density at radius 1 is 1.05 bits per heavy atom. The van der Waals surface area contributed by atoms with E-state index in [1.807, 2.05) is 42.6 Å². The van der Waals surface area contributed by atoms with Crippen molar-refractivity contribution in [3.63, 3.8) is 0 Å². The van der Waals surface area contributed by atoms with Gasteiger partial charge in [0.15, 0.2) is 0 Å². The van der Waals surface area contributed by atoms with Crippen LogP contribution in [-0.4, -0.2) is 30.6 Å². The van der Waals surface area contributed by atoms with Crippen LogP contribution in [0.1, 0.15) is 30.2 Å². The summed E-state index contributed by atoms with van der Waals surface area (Å²) in [6, 6.07) is 20.5. The van der Waals surface area contributed by atoms with Gasteiger partial charge in [-0.1, -0.05) is 67.6 Å². The Kier molecular flexibility index (Phi) is 6.93. The quantitative estimate of drug-likeness (QED) is 0.278. The van der Waals surface area contributed by atoms with Crippen molar-refractivity contribution in [2.24, 2.45) is 5.92 Å². The largest absolute Gasteiger partial charge is 0.516 e. The predicted octanol–water partition coefficient (Wildman–Crippen LogP) is 6.58. The molecule has 0 spiro atoms. The fraction of sp³-hybridized carbons (Fsp3) is 0.222. The van der Waals surface area contributed by atoms with E-state index in [4.69, 9.17) is 9.72 Å².